The number of nitrogens with zero attached hydrogens (tertiary/aromatic N) is 3. The molecule has 0 bridgehead atoms. The van der Waals surface area contributed by atoms with Crippen molar-refractivity contribution < 1.29 is 14.4 Å². The van der Waals surface area contributed by atoms with Crippen LogP contribution in [0.1, 0.15) is 29.3 Å². The number of hydrogen-bond acceptors (Lipinski definition) is 6. The molecule has 0 spiro atoms. The third-order valence-electron chi connectivity index (χ3n) is 4.85. The highest BCUT2D eigenvalue weighted by molar-refractivity contribution is 7.99. The molecule has 3 rings (SSSR count). The highest BCUT2D eigenvalue weighted by atomic mass is 32.2. The molecule has 10 heteroatoms. The Bertz CT molecular complexity index is 1160. The van der Waals surface area contributed by atoms with Gasteiger partial charge in [0.1, 0.15) is 0 Å². The Morgan fingerprint density at radius 3 is 2.52 bits per heavy atom. The van der Waals surface area contributed by atoms with Crippen molar-refractivity contribution in [2.45, 2.75) is 32.0 Å². The number of thioether (sulfide) groups is 1. The fraction of sp³-hybridized carbons (Fsp3) is 0.261. The van der Waals surface area contributed by atoms with E-state index in [0.717, 1.165) is 17.0 Å². The van der Waals surface area contributed by atoms with Crippen molar-refractivity contribution in [2.24, 2.45) is 5.73 Å². The van der Waals surface area contributed by atoms with E-state index in [1.807, 2.05) is 42.7 Å². The molecule has 0 aliphatic rings. The normalized spacial score (nSPS) is 10.6. The average molecular weight is 467 g/mol. The molecule has 0 aliphatic heterocycles. The lowest BCUT2D eigenvalue weighted by Gasteiger charge is -2.11. The van der Waals surface area contributed by atoms with E-state index >= 15 is 0 Å². The molecule has 1 heterocycles. The Balaban J connectivity index is 1.66. The summed E-state index contributed by atoms with van der Waals surface area (Å²) in [7, 11) is 0. The minimum atomic E-state index is -0.501. The number of aryl methyl sites for hydroxylation is 1. The van der Waals surface area contributed by atoms with Crippen molar-refractivity contribution in [2.75, 3.05) is 17.6 Å². The maximum absolute atomic E-state index is 12.6. The second kappa shape index (κ2) is 11.3. The van der Waals surface area contributed by atoms with Crippen molar-refractivity contribution in [3.63, 3.8) is 0 Å². The van der Waals surface area contributed by atoms with Crippen LogP contribution in [-0.2, 0) is 16.1 Å². The summed E-state index contributed by atoms with van der Waals surface area (Å²) >= 11 is 1.28. The van der Waals surface area contributed by atoms with Crippen LogP contribution in [0.15, 0.2) is 53.7 Å². The van der Waals surface area contributed by atoms with E-state index in [2.05, 4.69) is 20.8 Å². The summed E-state index contributed by atoms with van der Waals surface area (Å²) in [6.45, 7) is 4.81. The second-order valence-corrected chi connectivity index (χ2v) is 8.16. The van der Waals surface area contributed by atoms with Gasteiger partial charge in [-0.05, 0) is 31.5 Å². The molecule has 1 aromatic heterocycles. The van der Waals surface area contributed by atoms with E-state index < -0.39 is 11.8 Å². The molecule has 2 aromatic carbocycles. The predicted octanol–water partition coefficient (Wildman–Crippen LogP) is 2.61. The Morgan fingerprint density at radius 1 is 1.06 bits per heavy atom. The Morgan fingerprint density at radius 2 is 1.79 bits per heavy atom. The van der Waals surface area contributed by atoms with Gasteiger partial charge in [-0.25, -0.2) is 0 Å². The van der Waals surface area contributed by atoms with Gasteiger partial charge in [-0.15, -0.1) is 10.2 Å². The van der Waals surface area contributed by atoms with Gasteiger partial charge < -0.3 is 20.9 Å². The molecule has 0 unspecified atom stereocenters. The van der Waals surface area contributed by atoms with Crippen molar-refractivity contribution in [3.05, 3.63) is 59.7 Å². The van der Waals surface area contributed by atoms with Gasteiger partial charge in [0.2, 0.25) is 11.8 Å². The highest BCUT2D eigenvalue weighted by Gasteiger charge is 2.17. The monoisotopic (exact) mass is 466 g/mol. The molecule has 4 N–H and O–H groups in total. The van der Waals surface area contributed by atoms with Gasteiger partial charge in [-0.3, -0.25) is 14.4 Å². The third kappa shape index (κ3) is 6.19. The van der Waals surface area contributed by atoms with Crippen LogP contribution in [0.2, 0.25) is 0 Å². The molecular weight excluding hydrogens is 440 g/mol. The fourth-order valence-electron chi connectivity index (χ4n) is 3.20. The maximum Gasteiger partial charge on any atom is 0.253 e. The Hall–Kier alpha value is -3.66. The van der Waals surface area contributed by atoms with Gasteiger partial charge in [0.05, 0.1) is 17.0 Å². The SMILES string of the molecule is CCn1c(SCC(=O)Nc2ccccc2C(=O)NCCC(N)=O)nnc1-c1ccccc1C. The lowest BCUT2D eigenvalue weighted by Crippen LogP contribution is -2.29. The molecule has 33 heavy (non-hydrogen) atoms. The van der Waals surface area contributed by atoms with Crippen molar-refractivity contribution in [1.82, 2.24) is 20.1 Å². The number of amides is 3. The number of hydrogen-bond donors (Lipinski definition) is 3. The van der Waals surface area contributed by atoms with Crippen molar-refractivity contribution in [3.8, 4) is 11.4 Å². The molecular formula is C23H26N6O3S. The Labute approximate surface area is 196 Å². The molecule has 3 aromatic rings. The number of nitrogens with two attached hydrogens (primary N) is 1. The van der Waals surface area contributed by atoms with E-state index in [1.165, 1.54) is 11.8 Å². The maximum atomic E-state index is 12.6. The van der Waals surface area contributed by atoms with Gasteiger partial charge in [-0.2, -0.15) is 0 Å². The number of anilines is 1. The number of nitrogens with one attached hydrogen (secondary N) is 2. The van der Waals surface area contributed by atoms with Crippen molar-refractivity contribution in [1.29, 1.82) is 0 Å². The quantitative estimate of drug-likeness (QED) is 0.394. The first-order valence-corrected chi connectivity index (χ1v) is 11.5. The van der Waals surface area contributed by atoms with Crippen molar-refractivity contribution >= 4 is 35.2 Å². The first-order valence-electron chi connectivity index (χ1n) is 10.5. The minimum absolute atomic E-state index is 0.0412. The van der Waals surface area contributed by atoms with Crippen LogP contribution < -0.4 is 16.4 Å². The molecule has 0 radical (unpaired) electrons. The van der Waals surface area contributed by atoms with Gasteiger partial charge in [-0.1, -0.05) is 48.2 Å². The minimum Gasteiger partial charge on any atom is -0.370 e. The number of para-hydroxylation sites is 1. The summed E-state index contributed by atoms with van der Waals surface area (Å²) < 4.78 is 1.97. The number of rotatable bonds is 10. The molecule has 0 saturated heterocycles. The molecule has 0 atom stereocenters. The summed E-state index contributed by atoms with van der Waals surface area (Å²) in [6, 6.07) is 14.6. The second-order valence-electron chi connectivity index (χ2n) is 7.22. The van der Waals surface area contributed by atoms with Gasteiger partial charge in [0, 0.05) is 25.1 Å². The molecule has 0 fully saturated rings. The standard InChI is InChI=1S/C23H26N6O3S/c1-3-29-21(16-9-5-4-8-15(16)2)27-28-23(29)33-14-20(31)26-18-11-7-6-10-17(18)22(32)25-13-12-19(24)30/h4-11H,3,12-14H2,1-2H3,(H2,24,30)(H,25,32)(H,26,31). The zero-order chi connectivity index (χ0) is 23.8. The van der Waals surface area contributed by atoms with E-state index in [9.17, 15) is 14.4 Å². The van der Waals surface area contributed by atoms with E-state index in [4.69, 9.17) is 5.73 Å². The number of primary amides is 1. The molecule has 0 aliphatic carbocycles. The lowest BCUT2D eigenvalue weighted by molar-refractivity contribution is -0.118. The third-order valence-corrected chi connectivity index (χ3v) is 5.82. The first kappa shape index (κ1) is 24.0. The molecule has 9 nitrogen and oxygen atoms in total. The summed E-state index contributed by atoms with van der Waals surface area (Å²) in [4.78, 5) is 35.9. The highest BCUT2D eigenvalue weighted by Crippen LogP contribution is 2.26. The molecule has 3 amide bonds. The van der Waals surface area contributed by atoms with Gasteiger partial charge in [0.15, 0.2) is 11.0 Å². The first-order chi connectivity index (χ1) is 15.9. The smallest absolute Gasteiger partial charge is 0.253 e. The van der Waals surface area contributed by atoms with Crippen LogP contribution in [0.4, 0.5) is 5.69 Å². The molecule has 0 saturated carbocycles. The predicted molar refractivity (Wildman–Crippen MR) is 128 cm³/mol. The number of carbonyl (C=O) groups excluding carboxylic acids is 3. The number of benzene rings is 2. The summed E-state index contributed by atoms with van der Waals surface area (Å²) in [5.74, 6) is -0.312. The lowest BCUT2D eigenvalue weighted by atomic mass is 10.1. The van der Waals surface area contributed by atoms with Crippen LogP contribution in [0.3, 0.4) is 0 Å². The van der Waals surface area contributed by atoms with Gasteiger partial charge >= 0.3 is 0 Å². The van der Waals surface area contributed by atoms with Crippen LogP contribution in [0.5, 0.6) is 0 Å². The summed E-state index contributed by atoms with van der Waals surface area (Å²) in [6.07, 6.45) is 0.0412. The van der Waals surface area contributed by atoms with Crippen LogP contribution in [0.25, 0.3) is 11.4 Å². The van der Waals surface area contributed by atoms with Crippen LogP contribution in [-0.4, -0.2) is 44.8 Å². The van der Waals surface area contributed by atoms with E-state index in [1.54, 1.807) is 24.3 Å². The fourth-order valence-corrected chi connectivity index (χ4v) is 4.01. The number of carbonyl (C=O) groups is 3. The summed E-state index contributed by atoms with van der Waals surface area (Å²) in [5, 5.41) is 14.6. The topological polar surface area (TPSA) is 132 Å². The largest absolute Gasteiger partial charge is 0.370 e. The van der Waals surface area contributed by atoms with E-state index in [0.29, 0.717) is 23.0 Å². The zero-order valence-corrected chi connectivity index (χ0v) is 19.3. The Kier molecular flexibility index (Phi) is 8.20. The zero-order valence-electron chi connectivity index (χ0n) is 18.5. The van der Waals surface area contributed by atoms with Gasteiger partial charge in [0.25, 0.3) is 5.91 Å². The van der Waals surface area contributed by atoms with E-state index in [-0.39, 0.29) is 24.6 Å². The number of aromatic nitrogens is 3. The summed E-state index contributed by atoms with van der Waals surface area (Å²) in [5.41, 5.74) is 7.88. The van der Waals surface area contributed by atoms with Crippen LogP contribution in [0, 0.1) is 6.92 Å². The molecule has 172 valence electrons. The average Bonchev–Trinajstić information content (AvgIpc) is 3.20. The van der Waals surface area contributed by atoms with Crippen LogP contribution >= 0.6 is 11.8 Å².